The molecule has 1 heterocycles. The van der Waals surface area contributed by atoms with Crippen molar-refractivity contribution in [3.05, 3.63) is 60.1 Å². The van der Waals surface area contributed by atoms with E-state index in [2.05, 4.69) is 10.6 Å². The molecule has 1 atom stereocenters. The fourth-order valence-corrected chi connectivity index (χ4v) is 2.24. The summed E-state index contributed by atoms with van der Waals surface area (Å²) in [5, 5.41) is 14.4. The highest BCUT2D eigenvalue weighted by Crippen LogP contribution is 2.08. The number of aliphatic carboxylic acids is 1. The number of benzene rings is 1. The second-order valence-corrected chi connectivity index (χ2v) is 5.23. The van der Waals surface area contributed by atoms with Gasteiger partial charge in [0.25, 0.3) is 0 Å². The molecule has 6 heteroatoms. The molecule has 0 spiro atoms. The lowest BCUT2D eigenvalue weighted by molar-refractivity contribution is -0.137. The van der Waals surface area contributed by atoms with Crippen LogP contribution >= 0.6 is 0 Å². The molecule has 0 saturated heterocycles. The van der Waals surface area contributed by atoms with Crippen LogP contribution in [0.2, 0.25) is 0 Å². The van der Waals surface area contributed by atoms with Crippen LogP contribution in [0.4, 0.5) is 4.79 Å². The molecule has 0 radical (unpaired) electrons. The lowest BCUT2D eigenvalue weighted by Crippen LogP contribution is -2.43. The van der Waals surface area contributed by atoms with Gasteiger partial charge in [-0.05, 0) is 30.5 Å². The summed E-state index contributed by atoms with van der Waals surface area (Å²) < 4.78 is 5.14. The zero-order chi connectivity index (χ0) is 16.5. The van der Waals surface area contributed by atoms with Crippen LogP contribution in [0, 0.1) is 0 Å². The lowest BCUT2D eigenvalue weighted by atomic mass is 10.0. The topological polar surface area (TPSA) is 91.6 Å². The zero-order valence-corrected chi connectivity index (χ0v) is 12.7. The molecule has 2 rings (SSSR count). The molecule has 2 amide bonds. The first-order chi connectivity index (χ1) is 11.1. The second kappa shape index (κ2) is 8.63. The number of carboxylic acid groups (broad SMARTS) is 1. The van der Waals surface area contributed by atoms with E-state index >= 15 is 0 Å². The number of hydrogen-bond donors (Lipinski definition) is 3. The van der Waals surface area contributed by atoms with E-state index in [4.69, 9.17) is 9.52 Å². The Morgan fingerprint density at radius 3 is 2.57 bits per heavy atom. The molecule has 0 aliphatic heterocycles. The lowest BCUT2D eigenvalue weighted by Gasteiger charge is -2.18. The standard InChI is InChI=1S/C17H20N2O4/c20-16(21)9-8-14(11-13-5-2-1-3-6-13)19-17(22)18-12-15-7-4-10-23-15/h1-7,10,14H,8-9,11-12H2,(H,20,21)(H2,18,19,22). The van der Waals surface area contributed by atoms with Gasteiger partial charge < -0.3 is 20.2 Å². The van der Waals surface area contributed by atoms with Crippen LogP contribution in [0.1, 0.15) is 24.2 Å². The number of carbonyl (C=O) groups is 2. The Morgan fingerprint density at radius 2 is 1.91 bits per heavy atom. The van der Waals surface area contributed by atoms with Crippen LogP contribution < -0.4 is 10.6 Å². The average molecular weight is 316 g/mol. The number of amides is 2. The second-order valence-electron chi connectivity index (χ2n) is 5.23. The molecule has 23 heavy (non-hydrogen) atoms. The van der Waals surface area contributed by atoms with Gasteiger partial charge in [0.15, 0.2) is 0 Å². The number of hydrogen-bond acceptors (Lipinski definition) is 3. The third-order valence-electron chi connectivity index (χ3n) is 3.37. The van der Waals surface area contributed by atoms with Crippen molar-refractivity contribution in [3.8, 4) is 0 Å². The maximum absolute atomic E-state index is 12.0. The number of furan rings is 1. The minimum atomic E-state index is -0.874. The Hall–Kier alpha value is -2.76. The Balaban J connectivity index is 1.87. The van der Waals surface area contributed by atoms with E-state index in [0.717, 1.165) is 5.56 Å². The highest BCUT2D eigenvalue weighted by atomic mass is 16.4. The Bertz CT molecular complexity index is 611. The Morgan fingerprint density at radius 1 is 1.13 bits per heavy atom. The normalized spacial score (nSPS) is 11.7. The van der Waals surface area contributed by atoms with E-state index in [1.54, 1.807) is 18.4 Å². The summed E-state index contributed by atoms with van der Waals surface area (Å²) in [6, 6.07) is 12.6. The molecule has 0 saturated carbocycles. The van der Waals surface area contributed by atoms with Crippen LogP contribution in [0.15, 0.2) is 53.1 Å². The predicted octanol–water partition coefficient (Wildman–Crippen LogP) is 2.55. The summed E-state index contributed by atoms with van der Waals surface area (Å²) in [4.78, 5) is 22.8. The van der Waals surface area contributed by atoms with Gasteiger partial charge in [-0.1, -0.05) is 30.3 Å². The number of urea groups is 1. The van der Waals surface area contributed by atoms with Gasteiger partial charge in [0.05, 0.1) is 12.8 Å². The van der Waals surface area contributed by atoms with Crippen LogP contribution in [0.5, 0.6) is 0 Å². The molecule has 6 nitrogen and oxygen atoms in total. The summed E-state index contributed by atoms with van der Waals surface area (Å²) in [7, 11) is 0. The number of carboxylic acids is 1. The van der Waals surface area contributed by atoms with Gasteiger partial charge in [-0.3, -0.25) is 4.79 Å². The van der Waals surface area contributed by atoms with E-state index in [9.17, 15) is 9.59 Å². The van der Waals surface area contributed by atoms with E-state index in [-0.39, 0.29) is 25.0 Å². The molecule has 122 valence electrons. The summed E-state index contributed by atoms with van der Waals surface area (Å²) in [6.45, 7) is 0.288. The third-order valence-corrected chi connectivity index (χ3v) is 3.37. The Labute approximate surface area is 134 Å². The van der Waals surface area contributed by atoms with Gasteiger partial charge in [-0.15, -0.1) is 0 Å². The van der Waals surface area contributed by atoms with Gasteiger partial charge in [-0.2, -0.15) is 0 Å². The fourth-order valence-electron chi connectivity index (χ4n) is 2.24. The quantitative estimate of drug-likeness (QED) is 0.698. The van der Waals surface area contributed by atoms with Crippen molar-refractivity contribution in [1.29, 1.82) is 0 Å². The molecule has 0 bridgehead atoms. The molecular weight excluding hydrogens is 296 g/mol. The first-order valence-corrected chi connectivity index (χ1v) is 7.46. The molecule has 3 N–H and O–H groups in total. The van der Waals surface area contributed by atoms with Crippen molar-refractivity contribution in [1.82, 2.24) is 10.6 Å². The molecule has 1 aromatic carbocycles. The maximum Gasteiger partial charge on any atom is 0.315 e. The third kappa shape index (κ3) is 6.25. The van der Waals surface area contributed by atoms with Crippen LogP contribution in [0.3, 0.4) is 0 Å². The molecule has 1 unspecified atom stereocenters. The first kappa shape index (κ1) is 16.6. The SMILES string of the molecule is O=C(O)CCC(Cc1ccccc1)NC(=O)NCc1ccco1. The van der Waals surface area contributed by atoms with Crippen molar-refractivity contribution in [2.24, 2.45) is 0 Å². The monoisotopic (exact) mass is 316 g/mol. The summed E-state index contributed by atoms with van der Waals surface area (Å²) in [5.74, 6) is -0.217. The van der Waals surface area contributed by atoms with Crippen molar-refractivity contribution in [3.63, 3.8) is 0 Å². The average Bonchev–Trinajstić information content (AvgIpc) is 3.05. The highest BCUT2D eigenvalue weighted by Gasteiger charge is 2.14. The van der Waals surface area contributed by atoms with Gasteiger partial charge in [0.1, 0.15) is 5.76 Å². The zero-order valence-electron chi connectivity index (χ0n) is 12.7. The minimum absolute atomic E-state index is 0.00989. The number of rotatable bonds is 8. The maximum atomic E-state index is 12.0. The van der Waals surface area contributed by atoms with Crippen LogP contribution in [-0.4, -0.2) is 23.1 Å². The minimum Gasteiger partial charge on any atom is -0.481 e. The van der Waals surface area contributed by atoms with Gasteiger partial charge >= 0.3 is 12.0 Å². The smallest absolute Gasteiger partial charge is 0.315 e. The molecule has 0 fully saturated rings. The van der Waals surface area contributed by atoms with Crippen molar-refractivity contribution in [2.45, 2.75) is 31.8 Å². The van der Waals surface area contributed by atoms with E-state index in [1.807, 2.05) is 30.3 Å². The van der Waals surface area contributed by atoms with Gasteiger partial charge in [0.2, 0.25) is 0 Å². The molecule has 1 aromatic heterocycles. The fraction of sp³-hybridized carbons (Fsp3) is 0.294. The summed E-state index contributed by atoms with van der Waals surface area (Å²) in [5.41, 5.74) is 1.05. The summed E-state index contributed by atoms with van der Waals surface area (Å²) in [6.07, 6.45) is 2.51. The first-order valence-electron chi connectivity index (χ1n) is 7.46. The largest absolute Gasteiger partial charge is 0.481 e. The van der Waals surface area contributed by atoms with Crippen LogP contribution in [0.25, 0.3) is 0 Å². The molecule has 0 aliphatic carbocycles. The molecule has 0 aliphatic rings. The van der Waals surface area contributed by atoms with E-state index in [1.165, 1.54) is 0 Å². The van der Waals surface area contributed by atoms with Crippen LogP contribution in [-0.2, 0) is 17.8 Å². The predicted molar refractivity (Wildman–Crippen MR) is 84.9 cm³/mol. The Kier molecular flexibility index (Phi) is 6.23. The summed E-state index contributed by atoms with van der Waals surface area (Å²) >= 11 is 0. The van der Waals surface area contributed by atoms with Crippen molar-refractivity contribution >= 4 is 12.0 Å². The molecule has 2 aromatic rings. The van der Waals surface area contributed by atoms with Gasteiger partial charge in [0, 0.05) is 12.5 Å². The number of nitrogens with one attached hydrogen (secondary N) is 2. The molecular formula is C17H20N2O4. The van der Waals surface area contributed by atoms with Gasteiger partial charge in [-0.25, -0.2) is 4.79 Å². The van der Waals surface area contributed by atoms with Crippen molar-refractivity contribution < 1.29 is 19.1 Å². The number of carbonyl (C=O) groups excluding carboxylic acids is 1. The van der Waals surface area contributed by atoms with Crippen molar-refractivity contribution in [2.75, 3.05) is 0 Å². The van der Waals surface area contributed by atoms with E-state index in [0.29, 0.717) is 18.6 Å². The highest BCUT2D eigenvalue weighted by molar-refractivity contribution is 5.74. The van der Waals surface area contributed by atoms with E-state index < -0.39 is 5.97 Å².